The summed E-state index contributed by atoms with van der Waals surface area (Å²) in [5.41, 5.74) is 5.15. The molecular formula is C22H21ClN2O4. The Bertz CT molecular complexity index is 998. The van der Waals surface area contributed by atoms with Gasteiger partial charge in [0.25, 0.3) is 5.91 Å². The van der Waals surface area contributed by atoms with Gasteiger partial charge in [-0.2, -0.15) is 0 Å². The standard InChI is InChI=1S/C22H21ClN2O4/c1-3-28-22(27)19-13-20(16-9-11-17(23)12-10-16)25(15(19)2)24-21(26)14-29-18-7-5-4-6-8-18/h4-13H,3,14H2,1-2H3,(H,24,26). The molecule has 2 aromatic carbocycles. The number of hydrogen-bond acceptors (Lipinski definition) is 4. The fourth-order valence-electron chi connectivity index (χ4n) is 2.82. The van der Waals surface area contributed by atoms with Crippen molar-refractivity contribution >= 4 is 23.5 Å². The lowest BCUT2D eigenvalue weighted by atomic mass is 10.1. The van der Waals surface area contributed by atoms with Crippen molar-refractivity contribution in [1.82, 2.24) is 4.68 Å². The Labute approximate surface area is 174 Å². The van der Waals surface area contributed by atoms with E-state index in [0.717, 1.165) is 5.56 Å². The molecule has 0 radical (unpaired) electrons. The van der Waals surface area contributed by atoms with Crippen LogP contribution in [0.1, 0.15) is 23.0 Å². The van der Waals surface area contributed by atoms with E-state index in [1.807, 2.05) is 30.3 Å². The van der Waals surface area contributed by atoms with E-state index in [1.54, 1.807) is 48.9 Å². The maximum atomic E-state index is 12.5. The van der Waals surface area contributed by atoms with Gasteiger partial charge in [-0.15, -0.1) is 0 Å². The number of rotatable bonds is 7. The number of hydrogen-bond donors (Lipinski definition) is 1. The lowest BCUT2D eigenvalue weighted by molar-refractivity contribution is -0.119. The van der Waals surface area contributed by atoms with Crippen molar-refractivity contribution in [3.8, 4) is 17.0 Å². The van der Waals surface area contributed by atoms with Crippen LogP contribution in [0.4, 0.5) is 0 Å². The quantitative estimate of drug-likeness (QED) is 0.582. The number of nitrogens with zero attached hydrogens (tertiary/aromatic N) is 1. The second-order valence-electron chi connectivity index (χ2n) is 6.23. The number of esters is 1. The number of benzene rings is 2. The van der Waals surface area contributed by atoms with Gasteiger partial charge in [-0.1, -0.05) is 41.9 Å². The van der Waals surface area contributed by atoms with E-state index in [-0.39, 0.29) is 19.1 Å². The molecule has 0 atom stereocenters. The molecule has 0 saturated heterocycles. The van der Waals surface area contributed by atoms with Crippen LogP contribution in [0.2, 0.25) is 5.02 Å². The van der Waals surface area contributed by atoms with Crippen molar-refractivity contribution in [2.75, 3.05) is 18.6 Å². The molecule has 0 saturated carbocycles. The van der Waals surface area contributed by atoms with Gasteiger partial charge in [-0.25, -0.2) is 4.79 Å². The zero-order chi connectivity index (χ0) is 20.8. The first-order valence-corrected chi connectivity index (χ1v) is 9.50. The van der Waals surface area contributed by atoms with E-state index in [9.17, 15) is 9.59 Å². The minimum atomic E-state index is -0.450. The van der Waals surface area contributed by atoms with E-state index in [4.69, 9.17) is 21.1 Å². The molecule has 1 heterocycles. The minimum absolute atomic E-state index is 0.170. The highest BCUT2D eigenvalue weighted by atomic mass is 35.5. The summed E-state index contributed by atoms with van der Waals surface area (Å²) in [6, 6.07) is 17.9. The minimum Gasteiger partial charge on any atom is -0.484 e. The van der Waals surface area contributed by atoms with E-state index in [2.05, 4.69) is 5.43 Å². The second-order valence-corrected chi connectivity index (χ2v) is 6.66. The fraction of sp³-hybridized carbons (Fsp3) is 0.182. The van der Waals surface area contributed by atoms with E-state index in [1.165, 1.54) is 0 Å². The molecule has 0 unspecified atom stereocenters. The molecular weight excluding hydrogens is 392 g/mol. The third-order valence-corrected chi connectivity index (χ3v) is 4.48. The molecule has 1 aromatic heterocycles. The van der Waals surface area contributed by atoms with Gasteiger partial charge in [-0.3, -0.25) is 14.9 Å². The molecule has 0 aliphatic heterocycles. The number of nitrogens with one attached hydrogen (secondary N) is 1. The largest absolute Gasteiger partial charge is 0.484 e. The van der Waals surface area contributed by atoms with Crippen LogP contribution in [-0.4, -0.2) is 29.8 Å². The molecule has 1 N–H and O–H groups in total. The smallest absolute Gasteiger partial charge is 0.340 e. The van der Waals surface area contributed by atoms with Gasteiger partial charge < -0.3 is 9.47 Å². The average Bonchev–Trinajstić information content (AvgIpc) is 3.04. The first-order valence-electron chi connectivity index (χ1n) is 9.12. The Balaban J connectivity index is 1.87. The van der Waals surface area contributed by atoms with Crippen molar-refractivity contribution in [1.29, 1.82) is 0 Å². The van der Waals surface area contributed by atoms with E-state index < -0.39 is 5.97 Å². The maximum Gasteiger partial charge on any atom is 0.340 e. The van der Waals surface area contributed by atoms with Crippen molar-refractivity contribution in [3.05, 3.63) is 76.9 Å². The normalized spacial score (nSPS) is 10.4. The first-order chi connectivity index (χ1) is 14.0. The molecule has 3 rings (SSSR count). The van der Waals surface area contributed by atoms with Gasteiger partial charge in [-0.05, 0) is 44.2 Å². The molecule has 0 aliphatic rings. The van der Waals surface area contributed by atoms with Crippen LogP contribution in [-0.2, 0) is 9.53 Å². The summed E-state index contributed by atoms with van der Waals surface area (Å²) in [4.78, 5) is 24.8. The Hall–Kier alpha value is -3.25. The summed E-state index contributed by atoms with van der Waals surface area (Å²) in [6.07, 6.45) is 0. The summed E-state index contributed by atoms with van der Waals surface area (Å²) in [7, 11) is 0. The predicted molar refractivity (Wildman–Crippen MR) is 112 cm³/mol. The molecule has 29 heavy (non-hydrogen) atoms. The second kappa shape index (κ2) is 9.30. The van der Waals surface area contributed by atoms with Crippen LogP contribution in [0, 0.1) is 6.92 Å². The highest BCUT2D eigenvalue weighted by molar-refractivity contribution is 6.30. The number of carbonyl (C=O) groups is 2. The van der Waals surface area contributed by atoms with Gasteiger partial charge in [0.2, 0.25) is 0 Å². The zero-order valence-electron chi connectivity index (χ0n) is 16.1. The van der Waals surface area contributed by atoms with Crippen LogP contribution in [0.25, 0.3) is 11.3 Å². The SMILES string of the molecule is CCOC(=O)c1cc(-c2ccc(Cl)cc2)n(NC(=O)COc2ccccc2)c1C. The van der Waals surface area contributed by atoms with Crippen LogP contribution in [0.3, 0.4) is 0 Å². The summed E-state index contributed by atoms with van der Waals surface area (Å²) >= 11 is 5.98. The highest BCUT2D eigenvalue weighted by Crippen LogP contribution is 2.27. The molecule has 7 heteroatoms. The van der Waals surface area contributed by atoms with Gasteiger partial charge in [0, 0.05) is 10.6 Å². The van der Waals surface area contributed by atoms with Crippen molar-refractivity contribution in [2.45, 2.75) is 13.8 Å². The summed E-state index contributed by atoms with van der Waals surface area (Å²) < 4.78 is 12.2. The molecule has 0 fully saturated rings. The Kier molecular flexibility index (Phi) is 6.57. The first kappa shape index (κ1) is 20.5. The molecule has 150 valence electrons. The number of para-hydroxylation sites is 1. The zero-order valence-corrected chi connectivity index (χ0v) is 16.9. The molecule has 3 aromatic rings. The number of halogens is 1. The van der Waals surface area contributed by atoms with Gasteiger partial charge >= 0.3 is 5.97 Å². The highest BCUT2D eigenvalue weighted by Gasteiger charge is 2.21. The number of aromatic nitrogens is 1. The van der Waals surface area contributed by atoms with Crippen molar-refractivity contribution in [3.63, 3.8) is 0 Å². The van der Waals surface area contributed by atoms with Crippen molar-refractivity contribution < 1.29 is 19.1 Å². The fourth-order valence-corrected chi connectivity index (χ4v) is 2.95. The van der Waals surface area contributed by atoms with Crippen LogP contribution in [0.15, 0.2) is 60.7 Å². The summed E-state index contributed by atoms with van der Waals surface area (Å²) in [6.45, 7) is 3.57. The lowest BCUT2D eigenvalue weighted by Crippen LogP contribution is -2.29. The Morgan fingerprint density at radius 1 is 1.07 bits per heavy atom. The summed E-state index contributed by atoms with van der Waals surface area (Å²) in [5, 5.41) is 0.592. The van der Waals surface area contributed by atoms with E-state index in [0.29, 0.717) is 27.7 Å². The van der Waals surface area contributed by atoms with Crippen LogP contribution >= 0.6 is 11.6 Å². The average molecular weight is 413 g/mol. The summed E-state index contributed by atoms with van der Waals surface area (Å²) in [5.74, 6) is -0.219. The number of ether oxygens (including phenoxy) is 2. The van der Waals surface area contributed by atoms with Gasteiger partial charge in [0.05, 0.1) is 23.6 Å². The van der Waals surface area contributed by atoms with Crippen LogP contribution < -0.4 is 10.2 Å². The lowest BCUT2D eigenvalue weighted by Gasteiger charge is -2.14. The van der Waals surface area contributed by atoms with Crippen LogP contribution in [0.5, 0.6) is 5.75 Å². The van der Waals surface area contributed by atoms with E-state index >= 15 is 0 Å². The maximum absolute atomic E-state index is 12.5. The molecule has 6 nitrogen and oxygen atoms in total. The molecule has 0 spiro atoms. The molecule has 0 aliphatic carbocycles. The number of carbonyl (C=O) groups excluding carboxylic acids is 2. The Morgan fingerprint density at radius 2 is 1.76 bits per heavy atom. The third-order valence-electron chi connectivity index (χ3n) is 4.23. The van der Waals surface area contributed by atoms with Gasteiger partial charge in [0.1, 0.15) is 5.75 Å². The third kappa shape index (κ3) is 4.97. The molecule has 1 amide bonds. The topological polar surface area (TPSA) is 69.6 Å². The monoisotopic (exact) mass is 412 g/mol. The van der Waals surface area contributed by atoms with Crippen molar-refractivity contribution in [2.24, 2.45) is 0 Å². The predicted octanol–water partition coefficient (Wildman–Crippen LogP) is 4.44. The Morgan fingerprint density at radius 3 is 2.41 bits per heavy atom. The number of amides is 1. The molecule has 0 bridgehead atoms. The van der Waals surface area contributed by atoms with Gasteiger partial charge in [0.15, 0.2) is 6.61 Å².